The first-order valence-electron chi connectivity index (χ1n) is 5.16. The molecule has 1 atom stereocenters. The van der Waals surface area contributed by atoms with Crippen LogP contribution in [0.15, 0.2) is 0 Å². The Kier molecular flexibility index (Phi) is 4.02. The van der Waals surface area contributed by atoms with Gasteiger partial charge in [0.2, 0.25) is 0 Å². The van der Waals surface area contributed by atoms with Crippen LogP contribution in [0.2, 0.25) is 0 Å². The summed E-state index contributed by atoms with van der Waals surface area (Å²) in [4.78, 5) is 2.50. The van der Waals surface area contributed by atoms with E-state index in [1.807, 2.05) is 0 Å². The molecule has 12 heavy (non-hydrogen) atoms. The third-order valence-corrected chi connectivity index (χ3v) is 2.85. The molecule has 0 saturated carbocycles. The molecule has 0 bridgehead atoms. The van der Waals surface area contributed by atoms with Crippen LogP contribution >= 0.6 is 0 Å². The number of rotatable bonds is 5. The van der Waals surface area contributed by atoms with Crippen molar-refractivity contribution in [2.45, 2.75) is 39.2 Å². The quantitative estimate of drug-likeness (QED) is 0.677. The van der Waals surface area contributed by atoms with Gasteiger partial charge in [0.25, 0.3) is 0 Å². The van der Waals surface area contributed by atoms with Crippen LogP contribution < -0.4 is 0 Å². The van der Waals surface area contributed by atoms with E-state index in [1.54, 1.807) is 0 Å². The zero-order valence-electron chi connectivity index (χ0n) is 8.29. The van der Waals surface area contributed by atoms with Gasteiger partial charge in [0.05, 0.1) is 0 Å². The van der Waals surface area contributed by atoms with Crippen molar-refractivity contribution < 1.29 is 5.11 Å². The molecule has 1 heterocycles. The predicted molar refractivity (Wildman–Crippen MR) is 51.1 cm³/mol. The Morgan fingerprint density at radius 3 is 2.50 bits per heavy atom. The van der Waals surface area contributed by atoms with E-state index in [1.165, 1.54) is 19.3 Å². The Bertz CT molecular complexity index is 121. The molecule has 2 heteroatoms. The molecule has 0 spiro atoms. The number of aliphatic hydroxyl groups excluding tert-OH is 1. The fourth-order valence-corrected chi connectivity index (χ4v) is 2.00. The van der Waals surface area contributed by atoms with Crippen molar-refractivity contribution >= 4 is 0 Å². The average molecular weight is 171 g/mol. The van der Waals surface area contributed by atoms with Crippen LogP contribution in [0.3, 0.4) is 0 Å². The van der Waals surface area contributed by atoms with Crippen LogP contribution in [-0.2, 0) is 0 Å². The summed E-state index contributed by atoms with van der Waals surface area (Å²) in [7, 11) is 0. The van der Waals surface area contributed by atoms with E-state index in [4.69, 9.17) is 5.11 Å². The third kappa shape index (κ3) is 2.20. The lowest BCUT2D eigenvalue weighted by Crippen LogP contribution is -2.53. The Hall–Kier alpha value is -0.0800. The highest BCUT2D eigenvalue weighted by molar-refractivity contribution is 4.84. The van der Waals surface area contributed by atoms with Crippen molar-refractivity contribution in [2.75, 3.05) is 19.7 Å². The fourth-order valence-electron chi connectivity index (χ4n) is 2.00. The maximum Gasteiger partial charge on any atom is 0.0483 e. The van der Waals surface area contributed by atoms with Crippen molar-refractivity contribution in [3.63, 3.8) is 0 Å². The Labute approximate surface area is 75.6 Å². The molecule has 1 saturated heterocycles. The summed E-state index contributed by atoms with van der Waals surface area (Å²) in [6, 6.07) is 0.776. The lowest BCUT2D eigenvalue weighted by Gasteiger charge is -2.43. The van der Waals surface area contributed by atoms with E-state index < -0.39 is 0 Å². The summed E-state index contributed by atoms with van der Waals surface area (Å²) < 4.78 is 0. The number of aliphatic hydroxyl groups is 1. The highest BCUT2D eigenvalue weighted by Gasteiger charge is 2.29. The molecule has 1 aliphatic rings. The highest BCUT2D eigenvalue weighted by Crippen LogP contribution is 2.22. The van der Waals surface area contributed by atoms with Gasteiger partial charge in [0, 0.05) is 31.7 Å². The van der Waals surface area contributed by atoms with Gasteiger partial charge in [0.1, 0.15) is 0 Å². The van der Waals surface area contributed by atoms with Crippen molar-refractivity contribution in [3.8, 4) is 0 Å². The third-order valence-electron chi connectivity index (χ3n) is 2.85. The van der Waals surface area contributed by atoms with Gasteiger partial charge in [-0.15, -0.1) is 0 Å². The van der Waals surface area contributed by atoms with Crippen molar-refractivity contribution in [2.24, 2.45) is 5.92 Å². The van der Waals surface area contributed by atoms with Crippen molar-refractivity contribution in [3.05, 3.63) is 0 Å². The normalized spacial score (nSPS) is 22.2. The molecule has 1 rings (SSSR count). The summed E-state index contributed by atoms with van der Waals surface area (Å²) in [5, 5.41) is 8.86. The van der Waals surface area contributed by atoms with Crippen molar-refractivity contribution in [1.82, 2.24) is 4.90 Å². The molecule has 1 fully saturated rings. The number of nitrogens with zero attached hydrogens (tertiary/aromatic N) is 1. The summed E-state index contributed by atoms with van der Waals surface area (Å²) in [5.74, 6) is 0.566. The second-order valence-electron chi connectivity index (χ2n) is 3.85. The van der Waals surface area contributed by atoms with Gasteiger partial charge in [-0.25, -0.2) is 0 Å². The van der Waals surface area contributed by atoms with Gasteiger partial charge >= 0.3 is 0 Å². The molecular formula is C10H21NO. The van der Waals surface area contributed by atoms with E-state index in [0.717, 1.165) is 19.1 Å². The Balaban J connectivity index is 2.19. The molecule has 1 aliphatic heterocycles. The number of hydrogen-bond donors (Lipinski definition) is 1. The Morgan fingerprint density at radius 1 is 1.42 bits per heavy atom. The van der Waals surface area contributed by atoms with Gasteiger partial charge in [-0.05, 0) is 12.8 Å². The summed E-state index contributed by atoms with van der Waals surface area (Å²) in [5.41, 5.74) is 0. The smallest absolute Gasteiger partial charge is 0.0483 e. The fraction of sp³-hybridized carbons (Fsp3) is 1.00. The second kappa shape index (κ2) is 4.83. The van der Waals surface area contributed by atoms with E-state index in [0.29, 0.717) is 12.5 Å². The molecule has 0 aromatic rings. The van der Waals surface area contributed by atoms with Gasteiger partial charge in [-0.2, -0.15) is 0 Å². The van der Waals surface area contributed by atoms with Crippen LogP contribution in [0.4, 0.5) is 0 Å². The highest BCUT2D eigenvalue weighted by atomic mass is 16.3. The minimum Gasteiger partial charge on any atom is -0.396 e. The van der Waals surface area contributed by atoms with E-state index in [-0.39, 0.29) is 0 Å². The van der Waals surface area contributed by atoms with Gasteiger partial charge in [-0.1, -0.05) is 20.3 Å². The zero-order chi connectivity index (χ0) is 8.97. The first kappa shape index (κ1) is 10.0. The maximum absolute atomic E-state index is 8.86. The molecule has 0 amide bonds. The minimum absolute atomic E-state index is 0.374. The number of hydrogen-bond acceptors (Lipinski definition) is 2. The molecule has 0 radical (unpaired) electrons. The van der Waals surface area contributed by atoms with Gasteiger partial charge in [0.15, 0.2) is 0 Å². The molecule has 1 N–H and O–H groups in total. The maximum atomic E-state index is 8.86. The van der Waals surface area contributed by atoms with Gasteiger partial charge < -0.3 is 5.11 Å². The van der Waals surface area contributed by atoms with Crippen LogP contribution in [0, 0.1) is 5.92 Å². The standard InChI is InChI=1S/C10H21NO/c1-3-5-10(4-2)11-6-9(7-11)8-12/h9-10,12H,3-8H2,1-2H3. The molecule has 0 aromatic carbocycles. The Morgan fingerprint density at radius 2 is 2.08 bits per heavy atom. The predicted octanol–water partition coefficient (Wildman–Crippen LogP) is 1.49. The van der Waals surface area contributed by atoms with Crippen molar-refractivity contribution in [1.29, 1.82) is 0 Å². The molecule has 0 aromatic heterocycles. The lowest BCUT2D eigenvalue weighted by molar-refractivity contribution is 0.0151. The number of likely N-dealkylation sites (tertiary alicyclic amines) is 1. The van der Waals surface area contributed by atoms with Crippen LogP contribution in [0.25, 0.3) is 0 Å². The minimum atomic E-state index is 0.374. The van der Waals surface area contributed by atoms with E-state index in [2.05, 4.69) is 18.7 Å². The largest absolute Gasteiger partial charge is 0.396 e. The summed E-state index contributed by atoms with van der Waals surface area (Å²) in [6.45, 7) is 7.11. The first-order chi connectivity index (χ1) is 5.81. The summed E-state index contributed by atoms with van der Waals surface area (Å²) >= 11 is 0. The van der Waals surface area contributed by atoms with Crippen LogP contribution in [0.1, 0.15) is 33.1 Å². The molecule has 0 aliphatic carbocycles. The lowest BCUT2D eigenvalue weighted by atomic mass is 9.95. The van der Waals surface area contributed by atoms with Crippen LogP contribution in [-0.4, -0.2) is 35.7 Å². The molecular weight excluding hydrogens is 150 g/mol. The zero-order valence-corrected chi connectivity index (χ0v) is 8.29. The molecule has 1 unspecified atom stereocenters. The van der Waals surface area contributed by atoms with E-state index >= 15 is 0 Å². The molecule has 72 valence electrons. The first-order valence-corrected chi connectivity index (χ1v) is 5.16. The monoisotopic (exact) mass is 171 g/mol. The SMILES string of the molecule is CCCC(CC)N1CC(CO)C1. The summed E-state index contributed by atoms with van der Waals surface area (Å²) in [6.07, 6.45) is 3.85. The van der Waals surface area contributed by atoms with E-state index in [9.17, 15) is 0 Å². The second-order valence-corrected chi connectivity index (χ2v) is 3.85. The average Bonchev–Trinajstić information content (AvgIpc) is 2.01. The topological polar surface area (TPSA) is 23.5 Å². The van der Waals surface area contributed by atoms with Gasteiger partial charge in [-0.3, -0.25) is 4.90 Å². The molecule has 2 nitrogen and oxygen atoms in total. The van der Waals surface area contributed by atoms with Crippen LogP contribution in [0.5, 0.6) is 0 Å².